The molecule has 148 valence electrons. The van der Waals surface area contributed by atoms with Gasteiger partial charge in [0.25, 0.3) is 0 Å². The largest absolute Gasteiger partial charge is 0.490 e. The number of halogens is 3. The van der Waals surface area contributed by atoms with Gasteiger partial charge in [0.1, 0.15) is 0 Å². The number of aryl methyl sites for hydroxylation is 1. The first-order valence-electron chi connectivity index (χ1n) is 8.34. The fourth-order valence-electron chi connectivity index (χ4n) is 2.91. The van der Waals surface area contributed by atoms with Crippen molar-refractivity contribution < 1.29 is 28.2 Å². The summed E-state index contributed by atoms with van der Waals surface area (Å²) in [5.74, 6) is -2.76. The minimum Gasteiger partial charge on any atom is -0.475 e. The molecule has 2 N–H and O–H groups in total. The number of carbonyl (C=O) groups is 1. The number of likely N-dealkylation sites (tertiary alicyclic amines) is 1. The fraction of sp³-hybridized carbons (Fsp3) is 0.444. The van der Waals surface area contributed by atoms with Gasteiger partial charge >= 0.3 is 12.1 Å². The molecular formula is C18H21F3N2O3S. The van der Waals surface area contributed by atoms with Crippen LogP contribution in [-0.4, -0.2) is 50.9 Å². The monoisotopic (exact) mass is 402 g/mol. The molecule has 2 heterocycles. The molecule has 9 heteroatoms. The number of thiazole rings is 1. The highest BCUT2D eigenvalue weighted by atomic mass is 32.1. The first kappa shape index (κ1) is 21.3. The smallest absolute Gasteiger partial charge is 0.475 e. The molecule has 5 nitrogen and oxygen atoms in total. The molecule has 1 aliphatic heterocycles. The number of aliphatic hydroxyl groups excluding tert-OH is 1. The molecule has 1 aliphatic rings. The summed E-state index contributed by atoms with van der Waals surface area (Å²) in [5, 5.41) is 20.6. The number of hydrogen-bond acceptors (Lipinski definition) is 5. The first-order valence-corrected chi connectivity index (χ1v) is 9.22. The van der Waals surface area contributed by atoms with Crippen LogP contribution in [0.15, 0.2) is 35.7 Å². The zero-order chi connectivity index (χ0) is 20.0. The maximum absolute atomic E-state index is 10.6. The van der Waals surface area contributed by atoms with E-state index in [1.807, 2.05) is 13.0 Å². The summed E-state index contributed by atoms with van der Waals surface area (Å²) >= 11 is 1.69. The molecule has 0 unspecified atom stereocenters. The van der Waals surface area contributed by atoms with Crippen LogP contribution in [0.4, 0.5) is 13.2 Å². The van der Waals surface area contributed by atoms with Crippen LogP contribution in [0.2, 0.25) is 0 Å². The average Bonchev–Trinajstić information content (AvgIpc) is 3.16. The van der Waals surface area contributed by atoms with Crippen LogP contribution in [-0.2, 0) is 17.8 Å². The van der Waals surface area contributed by atoms with Crippen LogP contribution in [0, 0.1) is 6.92 Å². The van der Waals surface area contributed by atoms with Crippen LogP contribution in [0.5, 0.6) is 0 Å². The third-order valence-corrected chi connectivity index (χ3v) is 5.01. The molecule has 2 aromatic rings. The van der Waals surface area contributed by atoms with Gasteiger partial charge in [-0.15, -0.1) is 11.3 Å². The highest BCUT2D eigenvalue weighted by Gasteiger charge is 2.38. The molecule has 0 radical (unpaired) electrons. The Labute approximate surface area is 159 Å². The Balaban J connectivity index is 0.000000321. The van der Waals surface area contributed by atoms with Gasteiger partial charge in [-0.05, 0) is 25.3 Å². The predicted octanol–water partition coefficient (Wildman–Crippen LogP) is 3.26. The molecule has 1 saturated heterocycles. The Morgan fingerprint density at radius 1 is 1.33 bits per heavy atom. The van der Waals surface area contributed by atoms with Crippen molar-refractivity contribution in [2.75, 3.05) is 6.54 Å². The number of benzene rings is 1. The van der Waals surface area contributed by atoms with E-state index in [1.54, 1.807) is 11.3 Å². The van der Waals surface area contributed by atoms with Crippen molar-refractivity contribution in [3.8, 4) is 0 Å². The van der Waals surface area contributed by atoms with Gasteiger partial charge in [0, 0.05) is 24.5 Å². The van der Waals surface area contributed by atoms with Crippen LogP contribution in [0.3, 0.4) is 0 Å². The Morgan fingerprint density at radius 3 is 2.48 bits per heavy atom. The molecule has 2 atom stereocenters. The predicted molar refractivity (Wildman–Crippen MR) is 95.5 cm³/mol. The number of nitrogens with zero attached hydrogens (tertiary/aromatic N) is 2. The molecule has 0 amide bonds. The molecule has 27 heavy (non-hydrogen) atoms. The van der Waals surface area contributed by atoms with E-state index in [0.29, 0.717) is 0 Å². The Morgan fingerprint density at radius 2 is 1.96 bits per heavy atom. The number of alkyl halides is 3. The molecule has 1 fully saturated rings. The Hall–Kier alpha value is -1.97. The van der Waals surface area contributed by atoms with E-state index in [9.17, 15) is 18.3 Å². The Kier molecular flexibility index (Phi) is 7.34. The summed E-state index contributed by atoms with van der Waals surface area (Å²) in [4.78, 5) is 15.8. The molecule has 1 aromatic heterocycles. The molecule has 0 aliphatic carbocycles. The second kappa shape index (κ2) is 9.29. The van der Waals surface area contributed by atoms with E-state index in [2.05, 4.69) is 39.5 Å². The zero-order valence-electron chi connectivity index (χ0n) is 14.7. The average molecular weight is 402 g/mol. The van der Waals surface area contributed by atoms with Gasteiger partial charge < -0.3 is 10.2 Å². The standard InChI is InChI=1S/C16H20N2OS.C2HF3O2/c1-12-17-14(11-20-12)10-18-8-7-16(19)15(18)9-13-5-3-2-4-6-13;3-2(4,5)1(6)7/h2-6,11,15-16,19H,7-10H2,1H3;(H,6,7)/t15-,16-;/m0./s1. The molecule has 1 aromatic carbocycles. The van der Waals surface area contributed by atoms with Crippen LogP contribution in [0.25, 0.3) is 0 Å². The number of rotatable bonds is 4. The number of carboxylic acids is 1. The lowest BCUT2D eigenvalue weighted by molar-refractivity contribution is -0.192. The van der Waals surface area contributed by atoms with E-state index < -0.39 is 12.1 Å². The van der Waals surface area contributed by atoms with Gasteiger partial charge in [-0.3, -0.25) is 4.90 Å². The number of aromatic nitrogens is 1. The van der Waals surface area contributed by atoms with Gasteiger partial charge in [-0.1, -0.05) is 30.3 Å². The SMILES string of the molecule is Cc1nc(CN2CC[C@H](O)[C@@H]2Cc2ccccc2)cs1.O=C(O)C(F)(F)F. The number of hydrogen-bond donors (Lipinski definition) is 2. The number of aliphatic carboxylic acids is 1. The summed E-state index contributed by atoms with van der Waals surface area (Å²) < 4.78 is 31.7. The molecule has 0 bridgehead atoms. The normalized spacial score (nSPS) is 20.2. The summed E-state index contributed by atoms with van der Waals surface area (Å²) in [7, 11) is 0. The highest BCUT2D eigenvalue weighted by molar-refractivity contribution is 7.09. The zero-order valence-corrected chi connectivity index (χ0v) is 15.5. The van der Waals surface area contributed by atoms with Crippen LogP contribution < -0.4 is 0 Å². The maximum Gasteiger partial charge on any atom is 0.490 e. The third-order valence-electron chi connectivity index (χ3n) is 4.19. The van der Waals surface area contributed by atoms with Crippen molar-refractivity contribution in [1.82, 2.24) is 9.88 Å². The summed E-state index contributed by atoms with van der Waals surface area (Å²) in [5.41, 5.74) is 2.41. The van der Waals surface area contributed by atoms with Crippen molar-refractivity contribution >= 4 is 17.3 Å². The lowest BCUT2D eigenvalue weighted by Crippen LogP contribution is -2.36. The van der Waals surface area contributed by atoms with Gasteiger partial charge in [-0.2, -0.15) is 13.2 Å². The van der Waals surface area contributed by atoms with Crippen molar-refractivity contribution in [2.45, 2.75) is 44.6 Å². The number of carboxylic acid groups (broad SMARTS) is 1. The van der Waals surface area contributed by atoms with Crippen molar-refractivity contribution in [3.63, 3.8) is 0 Å². The number of aliphatic hydroxyl groups is 1. The van der Waals surface area contributed by atoms with Gasteiger partial charge in [0.2, 0.25) is 0 Å². The van der Waals surface area contributed by atoms with E-state index in [-0.39, 0.29) is 12.1 Å². The minimum absolute atomic E-state index is 0.208. The lowest BCUT2D eigenvalue weighted by Gasteiger charge is -2.25. The molecule has 0 spiro atoms. The van der Waals surface area contributed by atoms with Crippen LogP contribution >= 0.6 is 11.3 Å². The van der Waals surface area contributed by atoms with Crippen LogP contribution in [0.1, 0.15) is 22.7 Å². The maximum atomic E-state index is 10.6. The summed E-state index contributed by atoms with van der Waals surface area (Å²) in [6, 6.07) is 10.6. The van der Waals surface area contributed by atoms with Gasteiger partial charge in [-0.25, -0.2) is 9.78 Å². The van der Waals surface area contributed by atoms with E-state index in [4.69, 9.17) is 9.90 Å². The van der Waals surface area contributed by atoms with E-state index in [1.165, 1.54) is 5.56 Å². The van der Waals surface area contributed by atoms with Crippen molar-refractivity contribution in [1.29, 1.82) is 0 Å². The molecule has 0 saturated carbocycles. The van der Waals surface area contributed by atoms with Crippen molar-refractivity contribution in [3.05, 3.63) is 52.0 Å². The third kappa shape index (κ3) is 6.60. The summed E-state index contributed by atoms with van der Waals surface area (Å²) in [6.45, 7) is 3.84. The highest BCUT2D eigenvalue weighted by Crippen LogP contribution is 2.24. The van der Waals surface area contributed by atoms with Crippen molar-refractivity contribution in [2.24, 2.45) is 0 Å². The topological polar surface area (TPSA) is 73.7 Å². The fourth-order valence-corrected chi connectivity index (χ4v) is 3.51. The molecular weight excluding hydrogens is 381 g/mol. The second-order valence-electron chi connectivity index (χ2n) is 6.24. The van der Waals surface area contributed by atoms with E-state index >= 15 is 0 Å². The first-order chi connectivity index (χ1) is 12.7. The van der Waals surface area contributed by atoms with E-state index in [0.717, 1.165) is 36.6 Å². The second-order valence-corrected chi connectivity index (χ2v) is 7.31. The van der Waals surface area contributed by atoms with Gasteiger partial charge in [0.05, 0.1) is 16.8 Å². The molecule has 3 rings (SSSR count). The Bertz CT molecular complexity index is 737. The lowest BCUT2D eigenvalue weighted by atomic mass is 10.0. The quantitative estimate of drug-likeness (QED) is 0.821. The van der Waals surface area contributed by atoms with Gasteiger partial charge in [0.15, 0.2) is 0 Å². The minimum atomic E-state index is -5.08. The summed E-state index contributed by atoms with van der Waals surface area (Å²) in [6.07, 6.45) is -3.54.